The highest BCUT2D eigenvalue weighted by Crippen LogP contribution is 2.25. The van der Waals surface area contributed by atoms with Crippen LogP contribution < -0.4 is 10.6 Å². The van der Waals surface area contributed by atoms with Crippen molar-refractivity contribution in [2.75, 3.05) is 25.0 Å². The molecule has 1 saturated heterocycles. The minimum Gasteiger partial charge on any atom is -0.480 e. The number of pyridine rings is 1. The van der Waals surface area contributed by atoms with Crippen LogP contribution in [0.2, 0.25) is 0 Å². The largest absolute Gasteiger partial charge is 0.480 e. The summed E-state index contributed by atoms with van der Waals surface area (Å²) in [6, 6.07) is 6.90. The average molecular weight is 493 g/mol. The summed E-state index contributed by atoms with van der Waals surface area (Å²) in [6.45, 7) is 7.79. The summed E-state index contributed by atoms with van der Waals surface area (Å²) >= 11 is 0. The van der Waals surface area contributed by atoms with Gasteiger partial charge in [-0.3, -0.25) is 9.59 Å². The molecule has 8 nitrogen and oxygen atoms in total. The molecule has 2 aliphatic heterocycles. The number of piperidine rings is 1. The Morgan fingerprint density at radius 1 is 1.14 bits per heavy atom. The minimum absolute atomic E-state index is 0.0464. The number of likely N-dealkylation sites (tertiary alicyclic amines) is 1. The number of hydrogen-bond acceptors (Lipinski definition) is 5. The van der Waals surface area contributed by atoms with Crippen LogP contribution in [0, 0.1) is 26.7 Å². The number of nitrogens with one attached hydrogen (secondary N) is 2. The molecule has 2 aliphatic rings. The van der Waals surface area contributed by atoms with E-state index >= 15 is 0 Å². The third-order valence-electron chi connectivity index (χ3n) is 7.33. The predicted octanol–water partition coefficient (Wildman–Crippen LogP) is 3.42. The molecule has 0 saturated carbocycles. The van der Waals surface area contributed by atoms with Crippen molar-refractivity contribution >= 4 is 23.6 Å². The molecule has 3 N–H and O–H groups in total. The zero-order chi connectivity index (χ0) is 25.8. The fourth-order valence-electron chi connectivity index (χ4n) is 5.48. The Kier molecular flexibility index (Phi) is 7.91. The van der Waals surface area contributed by atoms with Crippen LogP contribution in [0.4, 0.5) is 5.82 Å². The van der Waals surface area contributed by atoms with Gasteiger partial charge in [-0.05, 0) is 81.5 Å². The van der Waals surface area contributed by atoms with Crippen LogP contribution in [0.3, 0.4) is 0 Å². The number of carbonyl (C=O) groups excluding carboxylic acids is 2. The van der Waals surface area contributed by atoms with Crippen molar-refractivity contribution in [3.05, 3.63) is 57.8 Å². The van der Waals surface area contributed by atoms with Crippen LogP contribution in [0.25, 0.3) is 0 Å². The standard InChI is InChI=1S/C28H36N4O4/c1-17-13-18(2)25(19(3)14-17)27(34)31-23(28(35)36)15-20-8-11-32(12-9-20)24(33)16-22-7-6-21-5-4-10-29-26(21)30-22/h6-7,13-14,20,23H,4-5,8-12,15-16H2,1-3H3,(H,29,30)(H,31,34)(H,35,36). The van der Waals surface area contributed by atoms with Crippen LogP contribution in [0.1, 0.15) is 64.0 Å². The lowest BCUT2D eigenvalue weighted by molar-refractivity contribution is -0.140. The van der Waals surface area contributed by atoms with Crippen LogP contribution in [-0.2, 0) is 22.4 Å². The lowest BCUT2D eigenvalue weighted by Crippen LogP contribution is -2.45. The van der Waals surface area contributed by atoms with Crippen molar-refractivity contribution in [3.8, 4) is 0 Å². The molecule has 2 amide bonds. The number of hydrogen-bond donors (Lipinski definition) is 3. The SMILES string of the molecule is Cc1cc(C)c(C(=O)NC(CC2CCN(C(=O)Cc3ccc4c(n3)NCCC4)CC2)C(=O)O)c(C)c1. The maximum absolute atomic E-state index is 12.9. The van der Waals surface area contributed by atoms with Crippen LogP contribution in [-0.4, -0.2) is 58.5 Å². The summed E-state index contributed by atoms with van der Waals surface area (Å²) in [5.41, 5.74) is 5.25. The Morgan fingerprint density at radius 3 is 2.50 bits per heavy atom. The number of carboxylic acid groups (broad SMARTS) is 1. The Hall–Kier alpha value is -3.42. The van der Waals surface area contributed by atoms with Crippen molar-refractivity contribution < 1.29 is 19.5 Å². The number of carbonyl (C=O) groups is 3. The van der Waals surface area contributed by atoms with E-state index in [0.29, 0.717) is 37.9 Å². The van der Waals surface area contributed by atoms with Gasteiger partial charge in [-0.1, -0.05) is 23.8 Å². The topological polar surface area (TPSA) is 112 Å². The second-order valence-electron chi connectivity index (χ2n) is 10.2. The van der Waals surface area contributed by atoms with E-state index in [-0.39, 0.29) is 24.2 Å². The molecule has 2 aromatic rings. The number of carboxylic acids is 1. The third kappa shape index (κ3) is 6.04. The highest BCUT2D eigenvalue weighted by atomic mass is 16.4. The van der Waals surface area contributed by atoms with E-state index in [2.05, 4.69) is 21.7 Å². The first-order valence-corrected chi connectivity index (χ1v) is 12.8. The molecule has 192 valence electrons. The van der Waals surface area contributed by atoms with Gasteiger partial charge in [0.2, 0.25) is 5.91 Å². The molecule has 3 heterocycles. The fourth-order valence-corrected chi connectivity index (χ4v) is 5.48. The monoisotopic (exact) mass is 492 g/mol. The zero-order valence-corrected chi connectivity index (χ0v) is 21.4. The van der Waals surface area contributed by atoms with Crippen molar-refractivity contribution in [1.29, 1.82) is 0 Å². The van der Waals surface area contributed by atoms with Crippen molar-refractivity contribution in [2.45, 2.75) is 65.3 Å². The van der Waals surface area contributed by atoms with E-state index in [4.69, 9.17) is 0 Å². The lowest BCUT2D eigenvalue weighted by atomic mass is 9.89. The first kappa shape index (κ1) is 25.7. The molecule has 0 spiro atoms. The van der Waals surface area contributed by atoms with Crippen molar-refractivity contribution in [1.82, 2.24) is 15.2 Å². The maximum atomic E-state index is 12.9. The molecule has 0 aliphatic carbocycles. The Morgan fingerprint density at radius 2 is 1.83 bits per heavy atom. The van der Waals surface area contributed by atoms with Gasteiger partial charge < -0.3 is 20.6 Å². The van der Waals surface area contributed by atoms with Gasteiger partial charge in [-0.15, -0.1) is 0 Å². The molecule has 8 heteroatoms. The number of rotatable bonds is 7. The quantitative estimate of drug-likeness (QED) is 0.546. The Balaban J connectivity index is 1.30. The molecule has 1 aromatic heterocycles. The average Bonchev–Trinajstić information content (AvgIpc) is 2.83. The number of benzene rings is 1. The zero-order valence-electron chi connectivity index (χ0n) is 21.4. The number of amides is 2. The van der Waals surface area contributed by atoms with Gasteiger partial charge in [0.05, 0.1) is 12.1 Å². The summed E-state index contributed by atoms with van der Waals surface area (Å²) in [4.78, 5) is 44.2. The first-order chi connectivity index (χ1) is 17.2. The second kappa shape index (κ2) is 11.1. The van der Waals surface area contributed by atoms with E-state index in [1.54, 1.807) is 0 Å². The van der Waals surface area contributed by atoms with E-state index in [1.165, 1.54) is 5.56 Å². The summed E-state index contributed by atoms with van der Waals surface area (Å²) in [5, 5.41) is 15.8. The molecule has 4 rings (SSSR count). The van der Waals surface area contributed by atoms with Crippen molar-refractivity contribution in [2.24, 2.45) is 5.92 Å². The number of fused-ring (bicyclic) bond motifs is 1. The summed E-state index contributed by atoms with van der Waals surface area (Å²) < 4.78 is 0. The molecule has 1 fully saturated rings. The van der Waals surface area contributed by atoms with Crippen molar-refractivity contribution in [3.63, 3.8) is 0 Å². The van der Waals surface area contributed by atoms with Crippen LogP contribution >= 0.6 is 0 Å². The van der Waals surface area contributed by atoms with E-state index in [0.717, 1.165) is 47.6 Å². The van der Waals surface area contributed by atoms with E-state index in [9.17, 15) is 19.5 Å². The highest BCUT2D eigenvalue weighted by Gasteiger charge is 2.29. The summed E-state index contributed by atoms with van der Waals surface area (Å²) in [6.07, 6.45) is 4.16. The number of nitrogens with zero attached hydrogens (tertiary/aromatic N) is 2. The van der Waals surface area contributed by atoms with Gasteiger partial charge >= 0.3 is 5.97 Å². The van der Waals surface area contributed by atoms with Gasteiger partial charge in [0.25, 0.3) is 5.91 Å². The summed E-state index contributed by atoms with van der Waals surface area (Å²) in [7, 11) is 0. The molecule has 0 radical (unpaired) electrons. The van der Waals surface area contributed by atoms with Gasteiger partial charge in [0.1, 0.15) is 11.9 Å². The third-order valence-corrected chi connectivity index (χ3v) is 7.33. The fraction of sp³-hybridized carbons (Fsp3) is 0.500. The highest BCUT2D eigenvalue weighted by molar-refractivity contribution is 5.99. The summed E-state index contributed by atoms with van der Waals surface area (Å²) in [5.74, 6) is -0.316. The minimum atomic E-state index is -1.03. The predicted molar refractivity (Wildman–Crippen MR) is 138 cm³/mol. The van der Waals surface area contributed by atoms with E-state index in [1.807, 2.05) is 43.9 Å². The van der Waals surface area contributed by atoms with Gasteiger partial charge in [-0.25, -0.2) is 9.78 Å². The lowest BCUT2D eigenvalue weighted by Gasteiger charge is -2.33. The molecule has 1 atom stereocenters. The van der Waals surface area contributed by atoms with Crippen LogP contribution in [0.5, 0.6) is 0 Å². The Labute approximate surface area is 212 Å². The molecular weight excluding hydrogens is 456 g/mol. The number of anilines is 1. The van der Waals surface area contributed by atoms with Gasteiger partial charge in [0, 0.05) is 25.2 Å². The smallest absolute Gasteiger partial charge is 0.326 e. The molecule has 1 aromatic carbocycles. The van der Waals surface area contributed by atoms with E-state index < -0.39 is 12.0 Å². The first-order valence-electron chi connectivity index (χ1n) is 12.8. The Bertz CT molecular complexity index is 1130. The van der Waals surface area contributed by atoms with Gasteiger partial charge in [0.15, 0.2) is 0 Å². The maximum Gasteiger partial charge on any atom is 0.326 e. The molecular formula is C28H36N4O4. The molecule has 36 heavy (non-hydrogen) atoms. The van der Waals surface area contributed by atoms with Gasteiger partial charge in [-0.2, -0.15) is 0 Å². The normalized spacial score (nSPS) is 16.6. The van der Waals surface area contributed by atoms with Crippen LogP contribution in [0.15, 0.2) is 24.3 Å². The molecule has 0 bridgehead atoms. The number of aryl methyl sites for hydroxylation is 4. The molecule has 1 unspecified atom stereocenters. The number of aliphatic carboxylic acids is 1. The number of aromatic nitrogens is 1. The second-order valence-corrected chi connectivity index (χ2v) is 10.2.